The molecule has 1 N–H and O–H groups in total. The third-order valence-electron chi connectivity index (χ3n) is 4.77. The van der Waals surface area contributed by atoms with Gasteiger partial charge in [0.1, 0.15) is 0 Å². The number of nitrogens with one attached hydrogen (secondary N) is 1. The van der Waals surface area contributed by atoms with Gasteiger partial charge >= 0.3 is 0 Å². The van der Waals surface area contributed by atoms with E-state index in [1.54, 1.807) is 17.1 Å². The van der Waals surface area contributed by atoms with Crippen LogP contribution in [0, 0.1) is 0 Å². The standard InChI is InChI=1S/C18H22N6O/c1-22-11-13(10-19-22)17(25)20-14-6-5-9-24(12-14)18-21-15-7-3-4-8-16(15)23(18)2/h3-4,7-8,10-11,14H,5-6,9,12H2,1-2H3,(H,20,25). The first-order valence-corrected chi connectivity index (χ1v) is 8.58. The van der Waals surface area contributed by atoms with Crippen molar-refractivity contribution in [1.82, 2.24) is 24.6 Å². The number of hydrogen-bond donors (Lipinski definition) is 1. The van der Waals surface area contributed by atoms with E-state index in [1.807, 2.05) is 32.3 Å². The molecule has 7 heteroatoms. The molecule has 0 spiro atoms. The molecule has 1 atom stereocenters. The number of fused-ring (bicyclic) bond motifs is 1. The van der Waals surface area contributed by atoms with Crippen molar-refractivity contribution in [3.8, 4) is 0 Å². The van der Waals surface area contributed by atoms with Gasteiger partial charge in [0.25, 0.3) is 5.91 Å². The second-order valence-corrected chi connectivity index (χ2v) is 6.62. The number of imidazole rings is 1. The molecule has 25 heavy (non-hydrogen) atoms. The zero-order chi connectivity index (χ0) is 17.4. The predicted molar refractivity (Wildman–Crippen MR) is 96.6 cm³/mol. The molecule has 0 bridgehead atoms. The Labute approximate surface area is 146 Å². The highest BCUT2D eigenvalue weighted by Gasteiger charge is 2.25. The molecule has 7 nitrogen and oxygen atoms in total. The van der Waals surface area contributed by atoms with Gasteiger partial charge in [-0.2, -0.15) is 5.10 Å². The van der Waals surface area contributed by atoms with E-state index in [0.717, 1.165) is 42.9 Å². The first-order valence-electron chi connectivity index (χ1n) is 8.58. The van der Waals surface area contributed by atoms with Crippen molar-refractivity contribution < 1.29 is 4.79 Å². The molecule has 0 radical (unpaired) electrons. The van der Waals surface area contributed by atoms with Crippen LogP contribution in [0.5, 0.6) is 0 Å². The molecule has 1 aliphatic heterocycles. The topological polar surface area (TPSA) is 68.0 Å². The molecule has 3 aromatic rings. The lowest BCUT2D eigenvalue weighted by molar-refractivity contribution is 0.0933. The highest BCUT2D eigenvalue weighted by atomic mass is 16.1. The number of para-hydroxylation sites is 2. The Bertz CT molecular complexity index is 911. The van der Waals surface area contributed by atoms with E-state index in [1.165, 1.54) is 0 Å². The van der Waals surface area contributed by atoms with Crippen LogP contribution >= 0.6 is 0 Å². The molecule has 1 aromatic carbocycles. The Morgan fingerprint density at radius 2 is 2.12 bits per heavy atom. The number of hydrogen-bond acceptors (Lipinski definition) is 4. The van der Waals surface area contributed by atoms with Gasteiger partial charge in [-0.3, -0.25) is 9.48 Å². The van der Waals surface area contributed by atoms with E-state index >= 15 is 0 Å². The van der Waals surface area contributed by atoms with Crippen LogP contribution in [0.2, 0.25) is 0 Å². The first-order chi connectivity index (χ1) is 12.1. The lowest BCUT2D eigenvalue weighted by Crippen LogP contribution is -2.48. The monoisotopic (exact) mass is 338 g/mol. The minimum absolute atomic E-state index is 0.0649. The second kappa shape index (κ2) is 6.23. The summed E-state index contributed by atoms with van der Waals surface area (Å²) in [6.45, 7) is 1.72. The van der Waals surface area contributed by atoms with Crippen molar-refractivity contribution in [3.05, 3.63) is 42.2 Å². The van der Waals surface area contributed by atoms with Gasteiger partial charge in [0, 0.05) is 39.4 Å². The maximum atomic E-state index is 12.4. The van der Waals surface area contributed by atoms with Crippen LogP contribution < -0.4 is 10.2 Å². The molecule has 1 saturated heterocycles. The number of benzene rings is 1. The minimum Gasteiger partial charge on any atom is -0.347 e. The Morgan fingerprint density at radius 1 is 1.28 bits per heavy atom. The number of amides is 1. The molecule has 1 amide bonds. The quantitative estimate of drug-likeness (QED) is 0.789. The van der Waals surface area contributed by atoms with Gasteiger partial charge in [0.15, 0.2) is 0 Å². The van der Waals surface area contributed by atoms with Crippen LogP contribution in [0.1, 0.15) is 23.2 Å². The van der Waals surface area contributed by atoms with Gasteiger partial charge in [0.05, 0.1) is 22.8 Å². The fourth-order valence-electron chi connectivity index (χ4n) is 3.50. The van der Waals surface area contributed by atoms with Gasteiger partial charge in [-0.05, 0) is 25.0 Å². The number of anilines is 1. The second-order valence-electron chi connectivity index (χ2n) is 6.62. The van der Waals surface area contributed by atoms with E-state index < -0.39 is 0 Å². The molecule has 1 aliphatic rings. The number of aromatic nitrogens is 4. The fraction of sp³-hybridized carbons (Fsp3) is 0.389. The first kappa shape index (κ1) is 15.7. The Balaban J connectivity index is 1.50. The minimum atomic E-state index is -0.0649. The van der Waals surface area contributed by atoms with E-state index in [0.29, 0.717) is 5.56 Å². The van der Waals surface area contributed by atoms with Gasteiger partial charge in [-0.1, -0.05) is 12.1 Å². The molecule has 2 aromatic heterocycles. The van der Waals surface area contributed by atoms with E-state index in [2.05, 4.69) is 25.9 Å². The smallest absolute Gasteiger partial charge is 0.254 e. The highest BCUT2D eigenvalue weighted by Crippen LogP contribution is 2.24. The van der Waals surface area contributed by atoms with E-state index in [-0.39, 0.29) is 11.9 Å². The molecule has 3 heterocycles. The molecular formula is C18H22N6O. The largest absolute Gasteiger partial charge is 0.347 e. The van der Waals surface area contributed by atoms with E-state index in [9.17, 15) is 4.79 Å². The highest BCUT2D eigenvalue weighted by molar-refractivity contribution is 5.93. The van der Waals surface area contributed by atoms with Gasteiger partial charge in [0.2, 0.25) is 5.95 Å². The number of nitrogens with zero attached hydrogens (tertiary/aromatic N) is 5. The maximum Gasteiger partial charge on any atom is 0.254 e. The summed E-state index contributed by atoms with van der Waals surface area (Å²) in [6.07, 6.45) is 5.34. The fourth-order valence-corrected chi connectivity index (χ4v) is 3.50. The van der Waals surface area contributed by atoms with Crippen LogP contribution in [-0.2, 0) is 14.1 Å². The van der Waals surface area contributed by atoms with Crippen LogP contribution in [-0.4, -0.2) is 44.4 Å². The number of piperidine rings is 1. The van der Waals surface area contributed by atoms with Crippen molar-refractivity contribution in [2.75, 3.05) is 18.0 Å². The number of rotatable bonds is 3. The zero-order valence-corrected chi connectivity index (χ0v) is 14.5. The summed E-state index contributed by atoms with van der Waals surface area (Å²) in [5.74, 6) is 0.895. The summed E-state index contributed by atoms with van der Waals surface area (Å²) in [7, 11) is 3.85. The molecule has 130 valence electrons. The zero-order valence-electron chi connectivity index (χ0n) is 14.5. The third kappa shape index (κ3) is 2.97. The van der Waals surface area contributed by atoms with Crippen molar-refractivity contribution in [2.45, 2.75) is 18.9 Å². The maximum absolute atomic E-state index is 12.4. The molecular weight excluding hydrogens is 316 g/mol. The third-order valence-corrected chi connectivity index (χ3v) is 4.77. The van der Waals surface area contributed by atoms with Crippen molar-refractivity contribution >= 4 is 22.9 Å². The van der Waals surface area contributed by atoms with Gasteiger partial charge in [-0.25, -0.2) is 4.98 Å². The molecule has 1 unspecified atom stereocenters. The van der Waals surface area contributed by atoms with Crippen LogP contribution in [0.3, 0.4) is 0 Å². The lowest BCUT2D eigenvalue weighted by atomic mass is 10.1. The van der Waals surface area contributed by atoms with E-state index in [4.69, 9.17) is 4.98 Å². The average molecular weight is 338 g/mol. The summed E-state index contributed by atoms with van der Waals surface area (Å²) in [5.41, 5.74) is 2.72. The normalized spacial score (nSPS) is 17.8. The van der Waals surface area contributed by atoms with Crippen LogP contribution in [0.15, 0.2) is 36.7 Å². The summed E-state index contributed by atoms with van der Waals surface area (Å²) in [5, 5.41) is 7.19. The Kier molecular flexibility index (Phi) is 3.91. The lowest BCUT2D eigenvalue weighted by Gasteiger charge is -2.33. The predicted octanol–water partition coefficient (Wildman–Crippen LogP) is 1.71. The SMILES string of the molecule is Cn1cc(C(=O)NC2CCCN(c3nc4ccccc4n3C)C2)cn1. The number of carbonyl (C=O) groups is 1. The summed E-state index contributed by atoms with van der Waals surface area (Å²) >= 11 is 0. The number of aryl methyl sites for hydroxylation is 2. The van der Waals surface area contributed by atoms with Crippen molar-refractivity contribution in [3.63, 3.8) is 0 Å². The molecule has 0 aliphatic carbocycles. The summed E-state index contributed by atoms with van der Waals surface area (Å²) in [6, 6.07) is 8.26. The van der Waals surface area contributed by atoms with Gasteiger partial charge in [-0.15, -0.1) is 0 Å². The molecule has 4 rings (SSSR count). The van der Waals surface area contributed by atoms with Crippen molar-refractivity contribution in [2.24, 2.45) is 14.1 Å². The average Bonchev–Trinajstić information content (AvgIpc) is 3.19. The molecule has 1 fully saturated rings. The Morgan fingerprint density at radius 3 is 2.88 bits per heavy atom. The molecule has 0 saturated carbocycles. The number of carbonyl (C=O) groups excluding carboxylic acids is 1. The van der Waals surface area contributed by atoms with Gasteiger partial charge < -0.3 is 14.8 Å². The summed E-state index contributed by atoms with van der Waals surface area (Å²) in [4.78, 5) is 19.4. The van der Waals surface area contributed by atoms with Crippen LogP contribution in [0.25, 0.3) is 11.0 Å². The Hall–Kier alpha value is -2.83. The summed E-state index contributed by atoms with van der Waals surface area (Å²) < 4.78 is 3.77. The van der Waals surface area contributed by atoms with Crippen molar-refractivity contribution in [1.29, 1.82) is 0 Å². The van der Waals surface area contributed by atoms with Crippen LogP contribution in [0.4, 0.5) is 5.95 Å².